The van der Waals surface area contributed by atoms with Crippen LogP contribution in [0.1, 0.15) is 31.2 Å². The first-order valence-corrected chi connectivity index (χ1v) is 6.85. The summed E-state index contributed by atoms with van der Waals surface area (Å²) < 4.78 is 5.22. The van der Waals surface area contributed by atoms with Gasteiger partial charge in [-0.1, -0.05) is 12.1 Å². The predicted octanol–water partition coefficient (Wildman–Crippen LogP) is 1.95. The molecular weight excluding hydrogens is 238 g/mol. The summed E-state index contributed by atoms with van der Waals surface area (Å²) in [5, 5.41) is 12.0. The Labute approximate surface area is 114 Å². The molecule has 2 rings (SSSR count). The number of nitrogens with zero attached hydrogens (tertiary/aromatic N) is 1. The lowest BCUT2D eigenvalue weighted by Gasteiger charge is -2.27. The Morgan fingerprint density at radius 2 is 1.89 bits per heavy atom. The molecule has 1 aromatic carbocycles. The molecule has 4 heteroatoms. The minimum Gasteiger partial charge on any atom is -0.479 e. The van der Waals surface area contributed by atoms with Crippen molar-refractivity contribution >= 4 is 0 Å². The average molecular weight is 259 g/mol. The molecule has 0 radical (unpaired) electrons. The molecule has 102 valence electrons. The molecule has 0 aromatic heterocycles. The fraction of sp³-hybridized carbons (Fsp3) is 0.533. The zero-order valence-electron chi connectivity index (χ0n) is 11.1. The summed E-state index contributed by atoms with van der Waals surface area (Å²) in [6.07, 6.45) is 4.59. The maximum absolute atomic E-state index is 8.44. The molecule has 0 atom stereocenters. The van der Waals surface area contributed by atoms with Crippen LogP contribution in [-0.4, -0.2) is 18.7 Å². The zero-order valence-corrected chi connectivity index (χ0v) is 11.1. The van der Waals surface area contributed by atoms with Crippen molar-refractivity contribution in [3.63, 3.8) is 0 Å². The van der Waals surface area contributed by atoms with E-state index in [2.05, 4.69) is 5.32 Å². The second kappa shape index (κ2) is 7.13. The van der Waals surface area contributed by atoms with Crippen LogP contribution in [0.5, 0.6) is 5.75 Å². The summed E-state index contributed by atoms with van der Waals surface area (Å²) in [7, 11) is 0. The van der Waals surface area contributed by atoms with E-state index in [4.69, 9.17) is 15.7 Å². The molecular formula is C15H21N3O. The van der Waals surface area contributed by atoms with E-state index in [0.29, 0.717) is 12.1 Å². The number of ether oxygens (including phenoxy) is 1. The van der Waals surface area contributed by atoms with Gasteiger partial charge in [0.1, 0.15) is 11.8 Å². The van der Waals surface area contributed by atoms with Crippen LogP contribution in [0.4, 0.5) is 0 Å². The normalized spacial score (nSPS) is 22.7. The third-order valence-electron chi connectivity index (χ3n) is 3.59. The molecule has 0 saturated heterocycles. The highest BCUT2D eigenvalue weighted by atomic mass is 16.5. The number of rotatable bonds is 5. The fourth-order valence-corrected chi connectivity index (χ4v) is 2.40. The van der Waals surface area contributed by atoms with Gasteiger partial charge in [0, 0.05) is 18.6 Å². The molecule has 0 unspecified atom stereocenters. The van der Waals surface area contributed by atoms with Crippen molar-refractivity contribution < 1.29 is 4.74 Å². The summed E-state index contributed by atoms with van der Waals surface area (Å²) in [4.78, 5) is 0. The molecule has 0 aliphatic heterocycles. The molecule has 0 amide bonds. The maximum Gasteiger partial charge on any atom is 0.174 e. The highest BCUT2D eigenvalue weighted by molar-refractivity contribution is 5.27. The summed E-state index contributed by atoms with van der Waals surface area (Å²) in [5.74, 6) is 0.744. The number of nitrogens with one attached hydrogen (secondary N) is 1. The van der Waals surface area contributed by atoms with E-state index in [-0.39, 0.29) is 6.61 Å². The van der Waals surface area contributed by atoms with Crippen LogP contribution < -0.4 is 15.8 Å². The van der Waals surface area contributed by atoms with Gasteiger partial charge in [-0.2, -0.15) is 5.26 Å². The van der Waals surface area contributed by atoms with Crippen molar-refractivity contribution in [2.75, 3.05) is 6.61 Å². The largest absolute Gasteiger partial charge is 0.479 e. The number of hydrogen-bond donors (Lipinski definition) is 2. The van der Waals surface area contributed by atoms with E-state index in [1.807, 2.05) is 30.3 Å². The van der Waals surface area contributed by atoms with Gasteiger partial charge in [0.15, 0.2) is 6.61 Å². The van der Waals surface area contributed by atoms with Crippen molar-refractivity contribution in [2.24, 2.45) is 5.73 Å². The number of nitrogens with two attached hydrogens (primary N) is 1. The van der Waals surface area contributed by atoms with Crippen molar-refractivity contribution in [1.29, 1.82) is 5.26 Å². The van der Waals surface area contributed by atoms with Gasteiger partial charge in [-0.05, 0) is 43.4 Å². The van der Waals surface area contributed by atoms with E-state index in [1.165, 1.54) is 18.4 Å². The molecule has 1 saturated carbocycles. The topological polar surface area (TPSA) is 71.1 Å². The van der Waals surface area contributed by atoms with E-state index in [1.54, 1.807) is 0 Å². The van der Waals surface area contributed by atoms with E-state index < -0.39 is 0 Å². The van der Waals surface area contributed by atoms with Crippen molar-refractivity contribution in [1.82, 2.24) is 5.32 Å². The highest BCUT2D eigenvalue weighted by Gasteiger charge is 2.17. The molecule has 0 spiro atoms. The Kier molecular flexibility index (Phi) is 5.20. The minimum absolute atomic E-state index is 0.0971. The lowest BCUT2D eigenvalue weighted by atomic mass is 9.92. The monoisotopic (exact) mass is 259 g/mol. The average Bonchev–Trinajstić information content (AvgIpc) is 2.46. The number of hydrogen-bond acceptors (Lipinski definition) is 4. The van der Waals surface area contributed by atoms with Gasteiger partial charge in [0.25, 0.3) is 0 Å². The number of benzene rings is 1. The molecule has 4 nitrogen and oxygen atoms in total. The molecule has 0 heterocycles. The van der Waals surface area contributed by atoms with Gasteiger partial charge in [-0.25, -0.2) is 0 Å². The van der Waals surface area contributed by atoms with Crippen LogP contribution in [0.25, 0.3) is 0 Å². The Balaban J connectivity index is 1.75. The maximum atomic E-state index is 8.44. The Morgan fingerprint density at radius 1 is 1.21 bits per heavy atom. The second-order valence-corrected chi connectivity index (χ2v) is 5.08. The minimum atomic E-state index is 0.0971. The van der Waals surface area contributed by atoms with Gasteiger partial charge >= 0.3 is 0 Å². The Bertz CT molecular complexity index is 416. The molecule has 19 heavy (non-hydrogen) atoms. The van der Waals surface area contributed by atoms with Crippen LogP contribution in [0.2, 0.25) is 0 Å². The van der Waals surface area contributed by atoms with Crippen LogP contribution in [0.15, 0.2) is 24.3 Å². The molecule has 1 aliphatic rings. The van der Waals surface area contributed by atoms with Crippen molar-refractivity contribution in [3.05, 3.63) is 29.8 Å². The first-order valence-electron chi connectivity index (χ1n) is 6.85. The fourth-order valence-electron chi connectivity index (χ4n) is 2.40. The molecule has 1 fully saturated rings. The quantitative estimate of drug-likeness (QED) is 0.848. The SMILES string of the molecule is N#CCOc1ccc(CNC2CCC(N)CC2)cc1. The molecule has 3 N–H and O–H groups in total. The zero-order chi connectivity index (χ0) is 13.5. The Morgan fingerprint density at radius 3 is 2.53 bits per heavy atom. The molecule has 0 bridgehead atoms. The van der Waals surface area contributed by atoms with Crippen molar-refractivity contribution in [2.45, 2.75) is 44.3 Å². The Hall–Kier alpha value is -1.57. The lowest BCUT2D eigenvalue weighted by molar-refractivity contribution is 0.341. The number of nitriles is 1. The first-order chi connectivity index (χ1) is 9.28. The van der Waals surface area contributed by atoms with Crippen LogP contribution in [-0.2, 0) is 6.54 Å². The van der Waals surface area contributed by atoms with Crippen LogP contribution in [0.3, 0.4) is 0 Å². The summed E-state index contributed by atoms with van der Waals surface area (Å²) in [6.45, 7) is 0.971. The van der Waals surface area contributed by atoms with E-state index in [9.17, 15) is 0 Å². The predicted molar refractivity (Wildman–Crippen MR) is 74.6 cm³/mol. The van der Waals surface area contributed by atoms with Gasteiger partial charge in [0.05, 0.1) is 0 Å². The standard InChI is InChI=1S/C15H21N3O/c16-9-10-19-15-7-1-12(2-8-15)11-18-14-5-3-13(17)4-6-14/h1-2,7-8,13-14,18H,3-6,10-11,17H2. The van der Waals surface area contributed by atoms with E-state index in [0.717, 1.165) is 25.1 Å². The summed E-state index contributed by atoms with van der Waals surface area (Å²) in [6, 6.07) is 10.8. The van der Waals surface area contributed by atoms with Crippen LogP contribution in [0, 0.1) is 11.3 Å². The van der Waals surface area contributed by atoms with Crippen molar-refractivity contribution in [3.8, 4) is 11.8 Å². The van der Waals surface area contributed by atoms with Gasteiger partial charge < -0.3 is 15.8 Å². The third kappa shape index (κ3) is 4.55. The highest BCUT2D eigenvalue weighted by Crippen LogP contribution is 2.18. The summed E-state index contributed by atoms with van der Waals surface area (Å²) in [5.41, 5.74) is 7.13. The molecule has 1 aromatic rings. The van der Waals surface area contributed by atoms with Gasteiger partial charge in [-0.3, -0.25) is 0 Å². The second-order valence-electron chi connectivity index (χ2n) is 5.08. The van der Waals surface area contributed by atoms with E-state index >= 15 is 0 Å². The van der Waals surface area contributed by atoms with Gasteiger partial charge in [0.2, 0.25) is 0 Å². The third-order valence-corrected chi connectivity index (χ3v) is 3.59. The summed E-state index contributed by atoms with van der Waals surface area (Å²) >= 11 is 0. The van der Waals surface area contributed by atoms with Gasteiger partial charge in [-0.15, -0.1) is 0 Å². The smallest absolute Gasteiger partial charge is 0.174 e. The molecule has 1 aliphatic carbocycles. The first kappa shape index (κ1) is 13.9. The lowest BCUT2D eigenvalue weighted by Crippen LogP contribution is -2.36. The van der Waals surface area contributed by atoms with Crippen LogP contribution >= 0.6 is 0 Å².